The summed E-state index contributed by atoms with van der Waals surface area (Å²) in [5, 5.41) is 161. The number of hydrogen-bond donors (Lipinski definition) is 18. The van der Waals surface area contributed by atoms with Gasteiger partial charge in [-0.2, -0.15) is 105 Å². The van der Waals surface area contributed by atoms with Crippen LogP contribution in [0.4, 0.5) is 105 Å². The molecule has 3 aromatic heterocycles. The van der Waals surface area contributed by atoms with E-state index in [1.54, 1.807) is 0 Å². The Hall–Kier alpha value is -9.00. The van der Waals surface area contributed by atoms with Gasteiger partial charge in [0.25, 0.3) is 22.4 Å². The van der Waals surface area contributed by atoms with E-state index in [4.69, 9.17) is 0 Å². The zero-order valence-electron chi connectivity index (χ0n) is 62.2. The van der Waals surface area contributed by atoms with Gasteiger partial charge >= 0.3 is 49.4 Å². The summed E-state index contributed by atoms with van der Waals surface area (Å²) >= 11 is 0. The average Bonchev–Trinajstić information content (AvgIpc) is 1.08. The van der Waals surface area contributed by atoms with E-state index in [-0.39, 0.29) is 48.5 Å². The Labute approximate surface area is 679 Å². The van der Waals surface area contributed by atoms with Gasteiger partial charge in [-0.05, 0) is 70.8 Å². The van der Waals surface area contributed by atoms with E-state index in [9.17, 15) is 81.7 Å². The molecule has 48 heteroatoms. The van der Waals surface area contributed by atoms with E-state index in [1.807, 2.05) is 0 Å². The van der Waals surface area contributed by atoms with Crippen molar-refractivity contribution in [3.05, 3.63) is 166 Å². The molecule has 8 bridgehead atoms. The molecule has 9 rings (SSSR count). The van der Waals surface area contributed by atoms with Gasteiger partial charge in [-0.25, -0.2) is 9.97 Å². The standard InChI is InChI=1S/C76H70F24N4O20/c77-69(78,79)65(70(80,81)82,121-61(49(113)25-105)50(114)26-106)37-9-1-33(2-10-37)57-41-17-19-43(101-41)58(34-3-11-38(12-4-34)66(71(83,84)85,72(86,87)88)122-62(51(115)27-107)52(116)28-108)45-21-23-47(103-45)60(36-7-15-40(16-8-36)68(75(95,96)97,76(98,99)100)124-64(55(119)31-111)56(120)32-112)48-24-22-46(104-48)59(44-20-18-42(57)102-44)35-5-13-39(14-6-35)67(73(89,90)91,74(92,93)94)123-63(53(117)29-109)54(118)30-110/h1-24,49-56,61-64,101,104-120H,25-32H2. The average molecular weight is 1820 g/mol. The highest BCUT2D eigenvalue weighted by atomic mass is 19.4. The fourth-order valence-electron chi connectivity index (χ4n) is 14.0. The normalized spacial score (nSPS) is 17.0. The van der Waals surface area contributed by atoms with Crippen molar-refractivity contribution in [1.29, 1.82) is 0 Å². The van der Waals surface area contributed by atoms with Gasteiger partial charge in [0.1, 0.15) is 73.2 Å². The van der Waals surface area contributed by atoms with Crippen LogP contribution in [0, 0.1) is 0 Å². The molecule has 0 saturated carbocycles. The lowest BCUT2D eigenvalue weighted by atomic mass is 9.89. The summed E-state index contributed by atoms with van der Waals surface area (Å²) in [7, 11) is 0. The molecular weight excluding hydrogens is 1740 g/mol. The summed E-state index contributed by atoms with van der Waals surface area (Å²) in [5.74, 6) is 0. The number of aromatic amines is 2. The molecule has 4 aromatic carbocycles. The minimum atomic E-state index is -6.71. The first kappa shape index (κ1) is 98.8. The third kappa shape index (κ3) is 18.2. The van der Waals surface area contributed by atoms with Gasteiger partial charge in [-0.1, -0.05) is 97.1 Å². The van der Waals surface area contributed by atoms with Gasteiger partial charge in [0, 0.05) is 66.6 Å². The van der Waals surface area contributed by atoms with Gasteiger partial charge < -0.3 is 111 Å². The Morgan fingerprint density at radius 2 is 0.363 bits per heavy atom. The maximum absolute atomic E-state index is 15.6. The third-order valence-corrected chi connectivity index (χ3v) is 20.0. The number of ether oxygens (including phenoxy) is 4. The van der Waals surface area contributed by atoms with Crippen molar-refractivity contribution in [2.45, 2.75) is 145 Å². The number of aliphatic hydroxyl groups is 16. The molecule has 7 aromatic rings. The van der Waals surface area contributed by atoms with Crippen molar-refractivity contribution in [2.24, 2.45) is 0 Å². The third-order valence-electron chi connectivity index (χ3n) is 20.0. The smallest absolute Gasteiger partial charge is 0.394 e. The minimum Gasteiger partial charge on any atom is -0.394 e. The molecule has 124 heavy (non-hydrogen) atoms. The van der Waals surface area contributed by atoms with Crippen LogP contribution in [-0.4, -0.2) is 277 Å². The minimum absolute atomic E-state index is 0.0896. The second-order valence-corrected chi connectivity index (χ2v) is 27.8. The number of aliphatic hydroxyl groups excluding tert-OH is 16. The number of hydrogen-bond acceptors (Lipinski definition) is 22. The molecule has 0 aliphatic carbocycles. The number of fused-ring (bicyclic) bond motifs is 8. The first-order valence-corrected chi connectivity index (χ1v) is 35.6. The van der Waals surface area contributed by atoms with Crippen molar-refractivity contribution in [1.82, 2.24) is 19.9 Å². The summed E-state index contributed by atoms with van der Waals surface area (Å²) in [6.07, 6.45) is -85.1. The van der Waals surface area contributed by atoms with E-state index in [2.05, 4.69) is 38.9 Å². The number of H-pyrrole nitrogens is 2. The molecule has 0 radical (unpaired) electrons. The van der Waals surface area contributed by atoms with Crippen LogP contribution in [0.5, 0.6) is 0 Å². The van der Waals surface area contributed by atoms with Crippen LogP contribution in [0.15, 0.2) is 121 Å². The Kier molecular flexibility index (Phi) is 29.3. The van der Waals surface area contributed by atoms with Gasteiger partial charge in [0.05, 0.1) is 75.6 Å². The zero-order valence-corrected chi connectivity index (χ0v) is 62.2. The Balaban J connectivity index is 1.48. The second-order valence-electron chi connectivity index (χ2n) is 27.8. The Morgan fingerprint density at radius 3 is 0.484 bits per heavy atom. The summed E-state index contributed by atoms with van der Waals surface area (Å²) in [6, 6.07) is 8.55. The van der Waals surface area contributed by atoms with Gasteiger partial charge in [0.15, 0.2) is 0 Å². The largest absolute Gasteiger partial charge is 0.430 e. The molecule has 2 aliphatic rings. The lowest BCUT2D eigenvalue weighted by molar-refractivity contribution is -0.408. The first-order valence-electron chi connectivity index (χ1n) is 35.6. The molecule has 0 saturated heterocycles. The fourth-order valence-corrected chi connectivity index (χ4v) is 14.0. The molecule has 18 N–H and O–H groups in total. The van der Waals surface area contributed by atoms with E-state index < -0.39 is 310 Å². The van der Waals surface area contributed by atoms with Crippen LogP contribution in [0.1, 0.15) is 45.0 Å². The monoisotopic (exact) mass is 1810 g/mol. The van der Waals surface area contributed by atoms with Gasteiger partial charge in [-0.15, -0.1) is 0 Å². The maximum atomic E-state index is 15.6. The van der Waals surface area contributed by atoms with Crippen molar-refractivity contribution in [2.75, 3.05) is 52.9 Å². The van der Waals surface area contributed by atoms with Crippen LogP contribution in [-0.2, 0) is 41.4 Å². The van der Waals surface area contributed by atoms with Gasteiger partial charge in [0.2, 0.25) is 0 Å². The molecule has 5 heterocycles. The van der Waals surface area contributed by atoms with Crippen molar-refractivity contribution < 1.29 is 206 Å². The molecule has 8 unspecified atom stereocenters. The highest BCUT2D eigenvalue weighted by Gasteiger charge is 2.78. The van der Waals surface area contributed by atoms with Gasteiger partial charge in [-0.3, -0.25) is 0 Å². The predicted molar refractivity (Wildman–Crippen MR) is 380 cm³/mol. The number of alkyl halides is 24. The number of benzene rings is 4. The molecule has 2 aliphatic heterocycles. The molecular formula is C76H70F24N4O20. The van der Waals surface area contributed by atoms with Crippen molar-refractivity contribution >= 4 is 46.4 Å². The number of nitrogens with zero attached hydrogens (tertiary/aromatic N) is 2. The van der Waals surface area contributed by atoms with Crippen molar-refractivity contribution in [3.63, 3.8) is 0 Å². The summed E-state index contributed by atoms with van der Waals surface area (Å²) in [4.78, 5) is 14.8. The van der Waals surface area contributed by atoms with Crippen LogP contribution in [0.3, 0.4) is 0 Å². The highest BCUT2D eigenvalue weighted by Crippen LogP contribution is 2.60. The van der Waals surface area contributed by atoms with E-state index in [0.717, 1.165) is 48.6 Å². The van der Waals surface area contributed by atoms with Crippen LogP contribution in [0.2, 0.25) is 0 Å². The number of halogens is 24. The van der Waals surface area contributed by atoms with E-state index in [1.165, 1.54) is 0 Å². The summed E-state index contributed by atoms with van der Waals surface area (Å²) in [6.45, 7) is -13.7. The van der Waals surface area contributed by atoms with Crippen LogP contribution >= 0.6 is 0 Å². The zero-order chi connectivity index (χ0) is 92.8. The number of nitrogens with one attached hydrogen (secondary N) is 2. The van der Waals surface area contributed by atoms with Crippen LogP contribution < -0.4 is 0 Å². The first-order chi connectivity index (χ1) is 57.5. The molecule has 24 nitrogen and oxygen atoms in total. The molecule has 682 valence electrons. The van der Waals surface area contributed by atoms with E-state index in [0.29, 0.717) is 48.5 Å². The second kappa shape index (κ2) is 36.8. The van der Waals surface area contributed by atoms with E-state index >= 15 is 105 Å². The molecule has 0 fully saturated rings. The quantitative estimate of drug-likeness (QED) is 0.0175. The Bertz CT molecular complexity index is 4350. The maximum Gasteiger partial charge on any atom is 0.430 e. The number of aromatic nitrogens is 4. The Morgan fingerprint density at radius 1 is 0.226 bits per heavy atom. The predicted octanol–water partition coefficient (Wildman–Crippen LogP) is 8.97. The fraction of sp³-hybridized carbons (Fsp3) is 0.421. The molecule has 0 spiro atoms. The number of rotatable bonds is 32. The van der Waals surface area contributed by atoms with Crippen LogP contribution in [0.25, 0.3) is 90.9 Å². The SMILES string of the molecule is OCC(O)C(OC(c1ccc(-c2c3nc(c(-c4ccc(C(OC(C(O)CO)C(O)CO)(C(F)(F)F)C(F)(F)F)cc4)c4ccc([nH]4)c(-c4ccc(C(OC(C(O)CO)C(O)CO)(C(F)(F)F)C(F)(F)F)cc4)c4nc(c(-c5ccc(C(OC(C(O)CO)C(O)CO)(C(F)(F)F)C(F)(F)F)cc5)c5ccc2[nH]5)C=C4)C=C3)cc1)(C(F)(F)F)C(F)(F)F)C(O)CO. The summed E-state index contributed by atoms with van der Waals surface area (Å²) in [5.41, 5.74) is -39.5. The van der Waals surface area contributed by atoms with Crippen molar-refractivity contribution in [3.8, 4) is 44.5 Å². The molecule has 0 amide bonds. The lowest BCUT2D eigenvalue weighted by Crippen LogP contribution is -2.60. The highest BCUT2D eigenvalue weighted by molar-refractivity contribution is 6.00. The lowest BCUT2D eigenvalue weighted by Gasteiger charge is -2.41. The summed E-state index contributed by atoms with van der Waals surface area (Å²) < 4.78 is 392. The molecule has 8 atom stereocenters. The topological polar surface area (TPSA) is 418 Å².